The fourth-order valence-corrected chi connectivity index (χ4v) is 3.38. The van der Waals surface area contributed by atoms with Crippen molar-refractivity contribution in [1.82, 2.24) is 0 Å². The summed E-state index contributed by atoms with van der Waals surface area (Å²) in [6.07, 6.45) is 1.97. The molecule has 6 heteroatoms. The quantitative estimate of drug-likeness (QED) is 0.805. The van der Waals surface area contributed by atoms with Crippen LogP contribution in [-0.2, 0) is 9.53 Å². The summed E-state index contributed by atoms with van der Waals surface area (Å²) in [6.45, 7) is 0. The topological polar surface area (TPSA) is 52.3 Å². The number of hydrogen-bond acceptors (Lipinski definition) is 4. The second-order valence-corrected chi connectivity index (χ2v) is 6.60. The number of rotatable bonds is 5. The van der Waals surface area contributed by atoms with E-state index in [2.05, 4.69) is 36.6 Å². The molecule has 1 rings (SSSR count). The van der Waals surface area contributed by atoms with Gasteiger partial charge in [-0.2, -0.15) is 0 Å². The molecule has 0 amide bonds. The van der Waals surface area contributed by atoms with Crippen molar-refractivity contribution < 1.29 is 9.53 Å². The van der Waals surface area contributed by atoms with Gasteiger partial charge < -0.3 is 10.5 Å². The number of carbonyl (C=O) groups is 1. The van der Waals surface area contributed by atoms with Crippen molar-refractivity contribution >= 4 is 49.2 Å². The minimum atomic E-state index is -0.180. The third kappa shape index (κ3) is 4.16. The molecule has 2 N–H and O–H groups in total. The van der Waals surface area contributed by atoms with Gasteiger partial charge in [0, 0.05) is 21.8 Å². The van der Waals surface area contributed by atoms with E-state index in [0.29, 0.717) is 6.42 Å². The van der Waals surface area contributed by atoms with Gasteiger partial charge in [-0.15, -0.1) is 11.3 Å². The van der Waals surface area contributed by atoms with E-state index in [0.717, 1.165) is 26.0 Å². The maximum atomic E-state index is 10.9. The largest absolute Gasteiger partial charge is 0.469 e. The van der Waals surface area contributed by atoms with Crippen molar-refractivity contribution in [3.05, 3.63) is 19.2 Å². The van der Waals surface area contributed by atoms with Crippen LogP contribution in [0.3, 0.4) is 0 Å². The highest BCUT2D eigenvalue weighted by Crippen LogP contribution is 2.35. The number of hydrogen-bond donors (Lipinski definition) is 1. The predicted octanol–water partition coefficient (Wildman–Crippen LogP) is 3.62. The summed E-state index contributed by atoms with van der Waals surface area (Å²) in [6, 6.07) is 2.00. The molecule has 1 atom stereocenters. The van der Waals surface area contributed by atoms with Crippen molar-refractivity contribution in [3.8, 4) is 0 Å². The van der Waals surface area contributed by atoms with Crippen molar-refractivity contribution in [2.75, 3.05) is 7.11 Å². The van der Waals surface area contributed by atoms with Crippen LogP contribution in [0.5, 0.6) is 0 Å². The molecule has 0 radical (unpaired) electrons. The molecule has 3 nitrogen and oxygen atoms in total. The van der Waals surface area contributed by atoms with Gasteiger partial charge in [0.1, 0.15) is 0 Å². The molecule has 0 fully saturated rings. The molecule has 1 heterocycles. The van der Waals surface area contributed by atoms with E-state index in [4.69, 9.17) is 5.73 Å². The van der Waals surface area contributed by atoms with Gasteiger partial charge in [-0.1, -0.05) is 0 Å². The first-order chi connectivity index (χ1) is 7.54. The Morgan fingerprint density at radius 3 is 2.81 bits per heavy atom. The lowest BCUT2D eigenvalue weighted by Crippen LogP contribution is -2.09. The molecule has 1 aromatic heterocycles. The Labute approximate surface area is 116 Å². The van der Waals surface area contributed by atoms with Crippen molar-refractivity contribution in [2.24, 2.45) is 5.73 Å². The fraction of sp³-hybridized carbons (Fsp3) is 0.500. The first kappa shape index (κ1) is 14.2. The van der Waals surface area contributed by atoms with E-state index in [-0.39, 0.29) is 12.0 Å². The monoisotopic (exact) mass is 369 g/mol. The Bertz CT molecular complexity index is 348. The van der Waals surface area contributed by atoms with Crippen LogP contribution in [0.15, 0.2) is 14.3 Å². The third-order valence-electron chi connectivity index (χ3n) is 2.15. The second-order valence-electron chi connectivity index (χ2n) is 3.35. The molecule has 0 saturated heterocycles. The first-order valence-corrected chi connectivity index (χ1v) is 7.22. The zero-order valence-electron chi connectivity index (χ0n) is 8.83. The SMILES string of the molecule is COC(=O)CCCC(N)c1cc(Br)c(Br)s1. The van der Waals surface area contributed by atoms with Gasteiger partial charge >= 0.3 is 5.97 Å². The number of esters is 1. The molecule has 1 aromatic rings. The lowest BCUT2D eigenvalue weighted by atomic mass is 10.1. The molecule has 1 unspecified atom stereocenters. The second kappa shape index (κ2) is 6.74. The van der Waals surface area contributed by atoms with Crippen molar-refractivity contribution in [3.63, 3.8) is 0 Å². The zero-order valence-corrected chi connectivity index (χ0v) is 12.8. The predicted molar refractivity (Wildman–Crippen MR) is 72.5 cm³/mol. The average Bonchev–Trinajstić information content (AvgIpc) is 2.59. The highest BCUT2D eigenvalue weighted by molar-refractivity contribution is 9.13. The highest BCUT2D eigenvalue weighted by atomic mass is 79.9. The fourth-order valence-electron chi connectivity index (χ4n) is 1.26. The Balaban J connectivity index is 2.40. The number of carbonyl (C=O) groups excluding carboxylic acids is 1. The Morgan fingerprint density at radius 1 is 1.62 bits per heavy atom. The molecule has 0 aliphatic rings. The summed E-state index contributed by atoms with van der Waals surface area (Å²) in [5, 5.41) is 0. The minimum Gasteiger partial charge on any atom is -0.469 e. The highest BCUT2D eigenvalue weighted by Gasteiger charge is 2.12. The van der Waals surface area contributed by atoms with Crippen LogP contribution in [-0.4, -0.2) is 13.1 Å². The van der Waals surface area contributed by atoms with E-state index < -0.39 is 0 Å². The van der Waals surface area contributed by atoms with Gasteiger partial charge in [-0.05, 0) is 50.8 Å². The van der Waals surface area contributed by atoms with Crippen LogP contribution in [0.2, 0.25) is 0 Å². The molecule has 0 aliphatic heterocycles. The van der Waals surface area contributed by atoms with Crippen LogP contribution >= 0.6 is 43.2 Å². The minimum absolute atomic E-state index is 0.0164. The molecule has 16 heavy (non-hydrogen) atoms. The van der Waals surface area contributed by atoms with Gasteiger partial charge in [0.05, 0.1) is 10.9 Å². The third-order valence-corrected chi connectivity index (χ3v) is 5.54. The Kier molecular flexibility index (Phi) is 5.96. The average molecular weight is 371 g/mol. The summed E-state index contributed by atoms with van der Waals surface area (Å²) in [5.41, 5.74) is 6.02. The maximum Gasteiger partial charge on any atom is 0.305 e. The zero-order chi connectivity index (χ0) is 12.1. The smallest absolute Gasteiger partial charge is 0.305 e. The molecular formula is C10H13Br2NO2S. The van der Waals surface area contributed by atoms with E-state index in [1.54, 1.807) is 11.3 Å². The van der Waals surface area contributed by atoms with Crippen LogP contribution in [0.1, 0.15) is 30.2 Å². The number of nitrogens with two attached hydrogens (primary N) is 1. The van der Waals surface area contributed by atoms with Crippen molar-refractivity contribution in [1.29, 1.82) is 0 Å². The molecular weight excluding hydrogens is 358 g/mol. The summed E-state index contributed by atoms with van der Waals surface area (Å²) in [5.74, 6) is -0.180. The van der Waals surface area contributed by atoms with E-state index in [1.807, 2.05) is 6.07 Å². The standard InChI is InChI=1S/C10H13Br2NO2S/c1-15-9(14)4-2-3-7(13)8-5-6(11)10(12)16-8/h5,7H,2-4,13H2,1H3. The van der Waals surface area contributed by atoms with Gasteiger partial charge in [-0.3, -0.25) is 4.79 Å². The molecule has 0 aliphatic carbocycles. The van der Waals surface area contributed by atoms with E-state index >= 15 is 0 Å². The normalized spacial score (nSPS) is 12.5. The molecule has 90 valence electrons. The summed E-state index contributed by atoms with van der Waals surface area (Å²) in [4.78, 5) is 12.0. The van der Waals surface area contributed by atoms with Gasteiger partial charge in [0.25, 0.3) is 0 Å². The van der Waals surface area contributed by atoms with E-state index in [1.165, 1.54) is 7.11 Å². The number of halogens is 2. The molecule has 0 saturated carbocycles. The number of ether oxygens (including phenoxy) is 1. The summed E-state index contributed by atoms with van der Waals surface area (Å²) < 4.78 is 6.64. The number of thiophene rings is 1. The van der Waals surface area contributed by atoms with Gasteiger partial charge in [0.2, 0.25) is 0 Å². The van der Waals surface area contributed by atoms with Crippen LogP contribution in [0.25, 0.3) is 0 Å². The molecule has 0 spiro atoms. The van der Waals surface area contributed by atoms with Crippen molar-refractivity contribution in [2.45, 2.75) is 25.3 Å². The van der Waals surface area contributed by atoms with Crippen LogP contribution < -0.4 is 5.73 Å². The first-order valence-electron chi connectivity index (χ1n) is 4.81. The summed E-state index contributed by atoms with van der Waals surface area (Å²) in [7, 11) is 1.40. The Hall–Kier alpha value is 0.0900. The van der Waals surface area contributed by atoms with Gasteiger partial charge in [0.15, 0.2) is 0 Å². The summed E-state index contributed by atoms with van der Waals surface area (Å²) >= 11 is 8.47. The van der Waals surface area contributed by atoms with Crippen LogP contribution in [0, 0.1) is 0 Å². The Morgan fingerprint density at radius 2 is 2.31 bits per heavy atom. The maximum absolute atomic E-state index is 10.9. The lowest BCUT2D eigenvalue weighted by Gasteiger charge is -2.08. The van der Waals surface area contributed by atoms with Crippen LogP contribution in [0.4, 0.5) is 0 Å². The van der Waals surface area contributed by atoms with E-state index in [9.17, 15) is 4.79 Å². The molecule has 0 bridgehead atoms. The lowest BCUT2D eigenvalue weighted by molar-refractivity contribution is -0.140. The number of methoxy groups -OCH3 is 1. The molecule has 0 aromatic carbocycles. The van der Waals surface area contributed by atoms with Gasteiger partial charge in [-0.25, -0.2) is 0 Å².